The van der Waals surface area contributed by atoms with Gasteiger partial charge in [0.05, 0.1) is 0 Å². The Bertz CT molecular complexity index is 475. The predicted molar refractivity (Wildman–Crippen MR) is 74.7 cm³/mol. The Kier molecular flexibility index (Phi) is 4.90. The largest absolute Gasteiger partial charge is 0.353 e. The fourth-order valence-corrected chi connectivity index (χ4v) is 1.99. The van der Waals surface area contributed by atoms with Gasteiger partial charge >= 0.3 is 0 Å². The van der Waals surface area contributed by atoms with Crippen LogP contribution >= 0.6 is 15.9 Å². The normalized spacial score (nSPS) is 13.9. The second-order valence-corrected chi connectivity index (χ2v) is 5.38. The van der Waals surface area contributed by atoms with E-state index in [2.05, 4.69) is 31.5 Å². The van der Waals surface area contributed by atoms with Gasteiger partial charge < -0.3 is 10.6 Å². The van der Waals surface area contributed by atoms with Gasteiger partial charge in [-0.05, 0) is 47.3 Å². The predicted octanol–water partition coefficient (Wildman–Crippen LogP) is 1.63. The van der Waals surface area contributed by atoms with Crippen LogP contribution in [0.15, 0.2) is 22.9 Å². The Morgan fingerprint density at radius 1 is 1.42 bits per heavy atom. The molecule has 1 aromatic heterocycles. The van der Waals surface area contributed by atoms with Crippen molar-refractivity contribution < 1.29 is 9.59 Å². The quantitative estimate of drug-likeness (QED) is 0.617. The lowest BCUT2D eigenvalue weighted by atomic mass is 10.2. The molecule has 1 aliphatic carbocycles. The third kappa shape index (κ3) is 4.98. The molecule has 0 spiro atoms. The lowest BCUT2D eigenvalue weighted by Crippen LogP contribution is -2.28. The van der Waals surface area contributed by atoms with E-state index in [4.69, 9.17) is 0 Å². The summed E-state index contributed by atoms with van der Waals surface area (Å²) in [5.41, 5.74) is 0.560. The molecule has 0 aromatic carbocycles. The topological polar surface area (TPSA) is 71.1 Å². The summed E-state index contributed by atoms with van der Waals surface area (Å²) in [5.74, 6) is -0.0749. The molecule has 5 nitrogen and oxygen atoms in total. The van der Waals surface area contributed by atoms with Gasteiger partial charge in [0, 0.05) is 30.8 Å². The molecule has 0 unspecified atom stereocenters. The zero-order valence-electron chi connectivity index (χ0n) is 10.5. The van der Waals surface area contributed by atoms with E-state index in [1.54, 1.807) is 18.3 Å². The number of hydrogen-bond donors (Lipinski definition) is 2. The Hall–Kier alpha value is -1.43. The molecular formula is C13H16BrN3O2. The van der Waals surface area contributed by atoms with E-state index in [1.165, 1.54) is 0 Å². The highest BCUT2D eigenvalue weighted by molar-refractivity contribution is 9.10. The number of pyridine rings is 1. The fourth-order valence-electron chi connectivity index (χ4n) is 1.62. The number of rotatable bonds is 6. The maximum Gasteiger partial charge on any atom is 0.251 e. The third-order valence-corrected chi connectivity index (χ3v) is 3.23. The summed E-state index contributed by atoms with van der Waals surface area (Å²) < 4.78 is 0.629. The number of nitrogens with zero attached hydrogens (tertiary/aromatic N) is 1. The summed E-state index contributed by atoms with van der Waals surface area (Å²) in [6, 6.07) is 3.71. The summed E-state index contributed by atoms with van der Waals surface area (Å²) >= 11 is 3.22. The van der Waals surface area contributed by atoms with Crippen LogP contribution in [0.3, 0.4) is 0 Å². The van der Waals surface area contributed by atoms with Gasteiger partial charge in [-0.2, -0.15) is 0 Å². The molecule has 1 aliphatic rings. The average molecular weight is 326 g/mol. The second kappa shape index (κ2) is 6.65. The van der Waals surface area contributed by atoms with Crippen molar-refractivity contribution in [3.8, 4) is 0 Å². The lowest BCUT2D eigenvalue weighted by molar-refractivity contribution is -0.121. The van der Waals surface area contributed by atoms with Crippen molar-refractivity contribution >= 4 is 27.7 Å². The molecule has 2 rings (SSSR count). The molecule has 0 atom stereocenters. The van der Waals surface area contributed by atoms with Gasteiger partial charge in [0.15, 0.2) is 0 Å². The van der Waals surface area contributed by atoms with Crippen LogP contribution in [0.5, 0.6) is 0 Å². The number of carbonyl (C=O) groups is 2. The van der Waals surface area contributed by atoms with Gasteiger partial charge in [0.2, 0.25) is 5.91 Å². The first-order valence-corrected chi connectivity index (χ1v) is 7.13. The van der Waals surface area contributed by atoms with Crippen molar-refractivity contribution in [2.24, 2.45) is 0 Å². The van der Waals surface area contributed by atoms with Crippen LogP contribution in [0, 0.1) is 0 Å². The molecule has 6 heteroatoms. The molecule has 2 N–H and O–H groups in total. The highest BCUT2D eigenvalue weighted by Gasteiger charge is 2.22. The van der Waals surface area contributed by atoms with Gasteiger partial charge in [0.1, 0.15) is 4.60 Å². The lowest BCUT2D eigenvalue weighted by Gasteiger charge is -2.06. The third-order valence-electron chi connectivity index (χ3n) is 2.80. The molecule has 102 valence electrons. The van der Waals surface area contributed by atoms with E-state index in [1.807, 2.05) is 0 Å². The van der Waals surface area contributed by atoms with Crippen molar-refractivity contribution in [2.45, 2.75) is 31.7 Å². The van der Waals surface area contributed by atoms with Crippen molar-refractivity contribution in [1.82, 2.24) is 15.6 Å². The highest BCUT2D eigenvalue weighted by Crippen LogP contribution is 2.18. The molecule has 1 heterocycles. The molecule has 0 radical (unpaired) electrons. The molecule has 1 saturated carbocycles. The average Bonchev–Trinajstić information content (AvgIpc) is 3.18. The molecule has 1 aromatic rings. The van der Waals surface area contributed by atoms with Crippen molar-refractivity contribution in [2.75, 3.05) is 6.54 Å². The maximum absolute atomic E-state index is 11.8. The Morgan fingerprint density at radius 3 is 2.89 bits per heavy atom. The van der Waals surface area contributed by atoms with Crippen molar-refractivity contribution in [1.29, 1.82) is 0 Å². The van der Waals surface area contributed by atoms with Crippen molar-refractivity contribution in [3.63, 3.8) is 0 Å². The minimum atomic E-state index is -0.147. The molecule has 2 amide bonds. The number of halogens is 1. The maximum atomic E-state index is 11.8. The fraction of sp³-hybridized carbons (Fsp3) is 0.462. The van der Waals surface area contributed by atoms with Gasteiger partial charge in [-0.15, -0.1) is 0 Å². The number of nitrogens with one attached hydrogen (secondary N) is 2. The Morgan fingerprint density at radius 2 is 2.21 bits per heavy atom. The smallest absolute Gasteiger partial charge is 0.251 e. The number of aromatic nitrogens is 1. The minimum Gasteiger partial charge on any atom is -0.353 e. The SMILES string of the molecule is O=C(CCCNC(=O)c1ccnc(Br)c1)NC1CC1. The van der Waals surface area contributed by atoms with Crippen LogP contribution in [0.2, 0.25) is 0 Å². The van der Waals surface area contributed by atoms with Crippen LogP contribution in [0.4, 0.5) is 0 Å². The standard InChI is InChI=1S/C13H16BrN3O2/c14-11-8-9(5-7-15-11)13(19)16-6-1-2-12(18)17-10-3-4-10/h5,7-8,10H,1-4,6H2,(H,16,19)(H,17,18). The first-order valence-electron chi connectivity index (χ1n) is 6.34. The zero-order chi connectivity index (χ0) is 13.7. The summed E-state index contributed by atoms with van der Waals surface area (Å²) in [7, 11) is 0. The van der Waals surface area contributed by atoms with Gasteiger partial charge in [-0.1, -0.05) is 0 Å². The van der Waals surface area contributed by atoms with E-state index in [0.29, 0.717) is 35.6 Å². The van der Waals surface area contributed by atoms with E-state index in [9.17, 15) is 9.59 Å². The van der Waals surface area contributed by atoms with Crippen LogP contribution in [0.1, 0.15) is 36.0 Å². The van der Waals surface area contributed by atoms with Gasteiger partial charge in [0.25, 0.3) is 5.91 Å². The van der Waals surface area contributed by atoms with Crippen molar-refractivity contribution in [3.05, 3.63) is 28.5 Å². The summed E-state index contributed by atoms with van der Waals surface area (Å²) in [6.07, 6.45) is 4.87. The molecule has 19 heavy (non-hydrogen) atoms. The number of amides is 2. The molecular weight excluding hydrogens is 310 g/mol. The van der Waals surface area contributed by atoms with E-state index in [0.717, 1.165) is 12.8 Å². The second-order valence-electron chi connectivity index (χ2n) is 4.57. The Balaban J connectivity index is 1.64. The summed E-state index contributed by atoms with van der Waals surface area (Å²) in [6.45, 7) is 0.497. The minimum absolute atomic E-state index is 0.0726. The molecule has 0 aliphatic heterocycles. The van der Waals surface area contributed by atoms with Crippen LogP contribution < -0.4 is 10.6 Å². The van der Waals surface area contributed by atoms with Crippen LogP contribution in [-0.2, 0) is 4.79 Å². The zero-order valence-corrected chi connectivity index (χ0v) is 12.1. The molecule has 0 saturated heterocycles. The van der Waals surface area contributed by atoms with E-state index < -0.39 is 0 Å². The molecule has 1 fully saturated rings. The summed E-state index contributed by atoms with van der Waals surface area (Å²) in [4.78, 5) is 27.1. The van der Waals surface area contributed by atoms with Gasteiger partial charge in [-0.3, -0.25) is 9.59 Å². The van der Waals surface area contributed by atoms with E-state index in [-0.39, 0.29) is 11.8 Å². The molecule has 0 bridgehead atoms. The van der Waals surface area contributed by atoms with Crippen LogP contribution in [-0.4, -0.2) is 29.4 Å². The Labute approximate surface area is 120 Å². The van der Waals surface area contributed by atoms with Gasteiger partial charge in [-0.25, -0.2) is 4.98 Å². The monoisotopic (exact) mass is 325 g/mol. The summed E-state index contributed by atoms with van der Waals surface area (Å²) in [5, 5.41) is 5.70. The number of carbonyl (C=O) groups excluding carboxylic acids is 2. The first-order chi connectivity index (χ1) is 9.15. The number of hydrogen-bond acceptors (Lipinski definition) is 3. The van der Waals surface area contributed by atoms with E-state index >= 15 is 0 Å². The first kappa shape index (κ1) is 14.0. The highest BCUT2D eigenvalue weighted by atomic mass is 79.9. The van der Waals surface area contributed by atoms with Crippen LogP contribution in [0.25, 0.3) is 0 Å².